The molecule has 0 radical (unpaired) electrons. The van der Waals surface area contributed by atoms with E-state index in [9.17, 15) is 22.8 Å². The molecule has 0 spiro atoms. The summed E-state index contributed by atoms with van der Waals surface area (Å²) in [4.78, 5) is 36.1. The zero-order valence-corrected chi connectivity index (χ0v) is 30.7. The number of nitriles is 1. The monoisotopic (exact) mass is 740 g/mol. The van der Waals surface area contributed by atoms with E-state index in [1.165, 1.54) is 22.1 Å². The first-order valence-electron chi connectivity index (χ1n) is 18.1. The van der Waals surface area contributed by atoms with Gasteiger partial charge >= 0.3 is 18.2 Å². The van der Waals surface area contributed by atoms with Crippen molar-refractivity contribution in [2.75, 3.05) is 23.9 Å². The summed E-state index contributed by atoms with van der Waals surface area (Å²) in [6.07, 6.45) is 2.89. The average Bonchev–Trinajstić information content (AvgIpc) is 3.61. The molecule has 55 heavy (non-hydrogen) atoms. The number of urea groups is 2. The number of hydrogen-bond acceptors (Lipinski definition) is 3. The number of carbonyl (C=O) groups is 2. The lowest BCUT2D eigenvalue weighted by Crippen LogP contribution is -2.38. The number of hydrogen-bond donors (Lipinski definition) is 0. The number of rotatable bonds is 4. The van der Waals surface area contributed by atoms with Crippen molar-refractivity contribution in [1.82, 2.24) is 9.80 Å². The second-order valence-corrected chi connectivity index (χ2v) is 14.3. The first-order valence-corrected chi connectivity index (χ1v) is 18.1. The van der Waals surface area contributed by atoms with E-state index in [2.05, 4.69) is 35.2 Å². The van der Waals surface area contributed by atoms with Crippen molar-refractivity contribution in [2.45, 2.75) is 63.0 Å². The Morgan fingerprint density at radius 3 is 1.64 bits per heavy atom. The standard InChI is InChI=1S/C22H18F3N3O.C22H21N3O/c1-27-20-11-15(14-5-3-2-4-6-14)8-10-19(20)28(21(27)29)17-9-7-16(13-26)18(12-17)22(23,24)25;1-15-13-18(10-11-19(15)23-2)25-20-12-9-17(16-7-5-4-6-8-16)14-21(20)24(3)22(25)26/h2-7,9,11-12,19-20H,8,10H2,1H3;4-8,10-11,13-14,20-21H,9,12H2,1,3H3/t19-,20-;20-,21-/m01/s1. The van der Waals surface area contributed by atoms with Crippen molar-refractivity contribution in [1.29, 1.82) is 5.26 Å². The van der Waals surface area contributed by atoms with Gasteiger partial charge in [0.05, 0.1) is 47.9 Å². The van der Waals surface area contributed by atoms with Gasteiger partial charge in [-0.1, -0.05) is 78.9 Å². The summed E-state index contributed by atoms with van der Waals surface area (Å²) in [5, 5.41) is 9.01. The number of anilines is 2. The highest BCUT2D eigenvalue weighted by atomic mass is 19.4. The molecule has 0 unspecified atom stereocenters. The van der Waals surface area contributed by atoms with Crippen LogP contribution in [-0.4, -0.2) is 60.1 Å². The highest BCUT2D eigenvalue weighted by Crippen LogP contribution is 2.42. The maximum atomic E-state index is 13.4. The molecular formula is C44H39F3N6O2. The average molecular weight is 741 g/mol. The summed E-state index contributed by atoms with van der Waals surface area (Å²) >= 11 is 0. The Labute approximate surface area is 318 Å². The van der Waals surface area contributed by atoms with E-state index in [1.54, 1.807) is 18.0 Å². The second-order valence-electron chi connectivity index (χ2n) is 14.3. The summed E-state index contributed by atoms with van der Waals surface area (Å²) in [5.74, 6) is 0. The van der Waals surface area contributed by atoms with E-state index in [0.717, 1.165) is 53.8 Å². The molecule has 2 saturated heterocycles. The van der Waals surface area contributed by atoms with Crippen LogP contribution in [0.1, 0.15) is 53.5 Å². The van der Waals surface area contributed by atoms with Gasteiger partial charge in [-0.05, 0) is 90.8 Å². The molecule has 4 aromatic rings. The zero-order valence-electron chi connectivity index (χ0n) is 30.7. The lowest BCUT2D eigenvalue weighted by Gasteiger charge is -2.30. The van der Waals surface area contributed by atoms with Gasteiger partial charge in [0, 0.05) is 25.5 Å². The molecule has 0 aromatic heterocycles. The van der Waals surface area contributed by atoms with Crippen LogP contribution in [0.15, 0.2) is 109 Å². The Morgan fingerprint density at radius 1 is 0.727 bits per heavy atom. The van der Waals surface area contributed by atoms with Gasteiger partial charge in [-0.2, -0.15) is 18.4 Å². The van der Waals surface area contributed by atoms with Gasteiger partial charge in [-0.15, -0.1) is 0 Å². The molecule has 0 saturated carbocycles. The van der Waals surface area contributed by atoms with Gasteiger partial charge in [0.25, 0.3) is 0 Å². The zero-order chi connectivity index (χ0) is 39.0. The van der Waals surface area contributed by atoms with Crippen LogP contribution in [0.25, 0.3) is 16.0 Å². The molecule has 11 heteroatoms. The van der Waals surface area contributed by atoms with Gasteiger partial charge in [-0.3, -0.25) is 9.80 Å². The molecule has 4 aliphatic rings. The molecule has 4 atom stereocenters. The predicted molar refractivity (Wildman–Crippen MR) is 207 cm³/mol. The fourth-order valence-electron chi connectivity index (χ4n) is 8.25. The minimum absolute atomic E-state index is 0.0283. The van der Waals surface area contributed by atoms with Gasteiger partial charge < -0.3 is 9.80 Å². The van der Waals surface area contributed by atoms with E-state index in [1.807, 2.05) is 84.4 Å². The number of allylic oxidation sites excluding steroid dienone is 2. The lowest BCUT2D eigenvalue weighted by atomic mass is 9.87. The number of amides is 4. The van der Waals surface area contributed by atoms with E-state index >= 15 is 0 Å². The third kappa shape index (κ3) is 6.94. The van der Waals surface area contributed by atoms with E-state index in [4.69, 9.17) is 11.8 Å². The Bertz CT molecular complexity index is 2270. The van der Waals surface area contributed by atoms with Crippen LogP contribution in [0.5, 0.6) is 0 Å². The quantitative estimate of drug-likeness (QED) is 0.196. The molecule has 4 aromatic carbocycles. The number of nitrogens with zero attached hydrogens (tertiary/aromatic N) is 6. The normalized spacial score (nSPS) is 21.8. The summed E-state index contributed by atoms with van der Waals surface area (Å²) in [5.41, 5.74) is 5.89. The Kier molecular flexibility index (Phi) is 9.98. The first-order chi connectivity index (χ1) is 26.4. The summed E-state index contributed by atoms with van der Waals surface area (Å²) in [6, 6.07) is 30.4. The largest absolute Gasteiger partial charge is 0.417 e. The molecular weight excluding hydrogens is 702 g/mol. The molecule has 0 bridgehead atoms. The molecule has 4 amide bonds. The molecule has 0 N–H and O–H groups in total. The third-order valence-corrected chi connectivity index (χ3v) is 11.1. The maximum absolute atomic E-state index is 13.4. The molecule has 2 aliphatic heterocycles. The van der Waals surface area contributed by atoms with Crippen molar-refractivity contribution < 1.29 is 22.8 Å². The highest BCUT2D eigenvalue weighted by molar-refractivity contribution is 5.97. The van der Waals surface area contributed by atoms with Crippen molar-refractivity contribution >= 4 is 40.3 Å². The minimum Gasteiger partial charge on any atom is -0.319 e. The minimum atomic E-state index is -4.66. The van der Waals surface area contributed by atoms with Gasteiger partial charge in [0.2, 0.25) is 0 Å². The first kappa shape index (κ1) is 37.0. The highest BCUT2D eigenvalue weighted by Gasteiger charge is 2.47. The maximum Gasteiger partial charge on any atom is 0.417 e. The topological polar surface area (TPSA) is 75.2 Å². The molecule has 2 fully saturated rings. The van der Waals surface area contributed by atoms with Crippen LogP contribution in [0.4, 0.5) is 39.8 Å². The molecule has 2 aliphatic carbocycles. The van der Waals surface area contributed by atoms with E-state index in [-0.39, 0.29) is 41.9 Å². The number of carbonyl (C=O) groups excluding carboxylic acids is 2. The van der Waals surface area contributed by atoms with Crippen molar-refractivity contribution in [3.05, 3.63) is 148 Å². The van der Waals surface area contributed by atoms with Crippen LogP contribution in [0, 0.1) is 24.8 Å². The Balaban J connectivity index is 0.000000170. The smallest absolute Gasteiger partial charge is 0.319 e. The van der Waals surface area contributed by atoms with E-state index in [0.29, 0.717) is 12.1 Å². The third-order valence-electron chi connectivity index (χ3n) is 11.1. The number of likely N-dealkylation sites (N-methyl/N-ethyl adjacent to an activating group) is 2. The lowest BCUT2D eigenvalue weighted by molar-refractivity contribution is -0.137. The van der Waals surface area contributed by atoms with Gasteiger partial charge in [0.15, 0.2) is 5.69 Å². The Morgan fingerprint density at radius 2 is 1.20 bits per heavy atom. The van der Waals surface area contributed by atoms with Crippen LogP contribution >= 0.6 is 0 Å². The van der Waals surface area contributed by atoms with Crippen molar-refractivity contribution in [2.24, 2.45) is 0 Å². The number of aryl methyl sites for hydroxylation is 1. The number of fused-ring (bicyclic) bond motifs is 2. The van der Waals surface area contributed by atoms with Crippen LogP contribution in [0.2, 0.25) is 0 Å². The summed E-state index contributed by atoms with van der Waals surface area (Å²) in [6.45, 7) is 9.14. The number of alkyl halides is 3. The van der Waals surface area contributed by atoms with Gasteiger partial charge in [-0.25, -0.2) is 14.4 Å². The van der Waals surface area contributed by atoms with Crippen molar-refractivity contribution in [3.8, 4) is 6.07 Å². The summed E-state index contributed by atoms with van der Waals surface area (Å²) in [7, 11) is 3.55. The molecule has 2 heterocycles. The predicted octanol–water partition coefficient (Wildman–Crippen LogP) is 10.1. The van der Waals surface area contributed by atoms with E-state index < -0.39 is 17.3 Å². The molecule has 8 rings (SSSR count). The fourth-order valence-corrected chi connectivity index (χ4v) is 8.25. The second kappa shape index (κ2) is 14.8. The summed E-state index contributed by atoms with van der Waals surface area (Å²) < 4.78 is 40.1. The van der Waals surface area contributed by atoms with Crippen LogP contribution in [-0.2, 0) is 6.18 Å². The SMILES string of the molecule is CN1C(=O)N(c2ccc(C#N)c(C(F)(F)F)c2)[C@H]2CCC(c3ccccc3)=C[C@@H]21.[C-]#[N+]c1ccc(N2C(=O)N(C)[C@@H]3C=C(c4ccccc4)CC[C@H]32)cc1C. The number of halogens is 3. The molecule has 278 valence electrons. The van der Waals surface area contributed by atoms with Crippen LogP contribution < -0.4 is 9.80 Å². The van der Waals surface area contributed by atoms with Crippen LogP contribution in [0.3, 0.4) is 0 Å². The van der Waals surface area contributed by atoms with Crippen molar-refractivity contribution in [3.63, 3.8) is 0 Å². The fraction of sp³-hybridized carbons (Fsp3) is 0.273. The van der Waals surface area contributed by atoms with Gasteiger partial charge in [0.1, 0.15) is 0 Å². The number of benzene rings is 4. The Hall–Kier alpha value is -6.33. The molecule has 8 nitrogen and oxygen atoms in total.